The van der Waals surface area contributed by atoms with E-state index < -0.39 is 5.60 Å². The number of fused-ring (bicyclic) bond motifs is 5. The maximum Gasteiger partial charge on any atom is 0.0591 e. The number of hydrogen-bond acceptors (Lipinski definition) is 3. The van der Waals surface area contributed by atoms with Crippen LogP contribution in [0.3, 0.4) is 0 Å². The minimum absolute atomic E-state index is 0.156. The van der Waals surface area contributed by atoms with Crippen LogP contribution in [0.2, 0.25) is 0 Å². The van der Waals surface area contributed by atoms with Gasteiger partial charge in [0.15, 0.2) is 0 Å². The van der Waals surface area contributed by atoms with Crippen molar-refractivity contribution in [1.29, 1.82) is 0 Å². The average Bonchev–Trinajstić information content (AvgIpc) is 3.03. The summed E-state index contributed by atoms with van der Waals surface area (Å²) in [5.41, 5.74) is 1.51. The van der Waals surface area contributed by atoms with E-state index in [9.17, 15) is 15.3 Å². The van der Waals surface area contributed by atoms with Crippen LogP contribution in [0, 0.1) is 40.4 Å². The minimum Gasteiger partial charge on any atom is -0.396 e. The van der Waals surface area contributed by atoms with Gasteiger partial charge in [0, 0.05) is 6.61 Å². The summed E-state index contributed by atoms with van der Waals surface area (Å²) in [6.07, 6.45) is 14.5. The molecule has 0 unspecified atom stereocenters. The Morgan fingerprint density at radius 3 is 2.60 bits per heavy atom. The Kier molecular flexibility index (Phi) is 6.23. The van der Waals surface area contributed by atoms with E-state index in [-0.39, 0.29) is 18.1 Å². The zero-order chi connectivity index (χ0) is 21.7. The predicted octanol–water partition coefficient (Wildman–Crippen LogP) is 5.48. The second-order valence-electron chi connectivity index (χ2n) is 12.4. The van der Waals surface area contributed by atoms with Gasteiger partial charge in [-0.25, -0.2) is 0 Å². The molecule has 0 amide bonds. The van der Waals surface area contributed by atoms with Crippen molar-refractivity contribution in [3.63, 3.8) is 0 Å². The molecule has 3 nitrogen and oxygen atoms in total. The number of hydrogen-bond donors (Lipinski definition) is 3. The van der Waals surface area contributed by atoms with Crippen molar-refractivity contribution in [2.45, 2.75) is 110 Å². The molecule has 3 heteroatoms. The molecule has 0 radical (unpaired) electrons. The Balaban J connectivity index is 1.55. The lowest BCUT2D eigenvalue weighted by atomic mass is 9.46. The fourth-order valence-electron chi connectivity index (χ4n) is 8.86. The SMILES string of the molecule is C[C@H](CCC(C)(C)O)[C@H]1CC[C@H]2[C@@H]3CC=C4C[C@@H](O)CC[C@]4(CCO)[C@H]3CC[C@]12C. The highest BCUT2D eigenvalue weighted by molar-refractivity contribution is 5.26. The molecule has 3 saturated carbocycles. The molecule has 0 aliphatic heterocycles. The fraction of sp³-hybridized carbons (Fsp3) is 0.926. The molecule has 4 aliphatic rings. The highest BCUT2D eigenvalue weighted by atomic mass is 16.3. The quantitative estimate of drug-likeness (QED) is 0.501. The maximum absolute atomic E-state index is 10.3. The van der Waals surface area contributed by atoms with E-state index in [0.717, 1.165) is 56.3 Å². The van der Waals surface area contributed by atoms with Gasteiger partial charge in [0.05, 0.1) is 11.7 Å². The largest absolute Gasteiger partial charge is 0.396 e. The monoisotopic (exact) mass is 418 g/mol. The Morgan fingerprint density at radius 1 is 1.13 bits per heavy atom. The minimum atomic E-state index is -0.558. The van der Waals surface area contributed by atoms with Crippen molar-refractivity contribution in [2.24, 2.45) is 40.4 Å². The first-order valence-corrected chi connectivity index (χ1v) is 12.8. The van der Waals surface area contributed by atoms with Crippen molar-refractivity contribution in [3.05, 3.63) is 11.6 Å². The lowest BCUT2D eigenvalue weighted by Gasteiger charge is -2.59. The molecule has 0 aromatic rings. The van der Waals surface area contributed by atoms with E-state index in [2.05, 4.69) is 19.9 Å². The van der Waals surface area contributed by atoms with Gasteiger partial charge in [0.1, 0.15) is 0 Å². The third kappa shape index (κ3) is 3.82. The topological polar surface area (TPSA) is 60.7 Å². The van der Waals surface area contributed by atoms with Gasteiger partial charge in [-0.3, -0.25) is 0 Å². The Hall–Kier alpha value is -0.380. The summed E-state index contributed by atoms with van der Waals surface area (Å²) in [5, 5.41) is 30.5. The van der Waals surface area contributed by atoms with Crippen molar-refractivity contribution in [2.75, 3.05) is 6.61 Å². The van der Waals surface area contributed by atoms with Crippen LogP contribution in [-0.4, -0.2) is 33.6 Å². The highest BCUT2D eigenvalue weighted by Gasteiger charge is 2.60. The van der Waals surface area contributed by atoms with Crippen molar-refractivity contribution < 1.29 is 15.3 Å². The molecule has 0 aromatic carbocycles. The normalized spacial score (nSPS) is 44.6. The summed E-state index contributed by atoms with van der Waals surface area (Å²) in [6, 6.07) is 0. The lowest BCUT2D eigenvalue weighted by Crippen LogP contribution is -2.52. The first kappa shape index (κ1) is 22.8. The van der Waals surface area contributed by atoms with Crippen LogP contribution in [0.1, 0.15) is 98.3 Å². The van der Waals surface area contributed by atoms with Crippen LogP contribution >= 0.6 is 0 Å². The molecule has 0 spiro atoms. The molecule has 8 atom stereocenters. The Labute approximate surface area is 184 Å². The van der Waals surface area contributed by atoms with Gasteiger partial charge in [0.25, 0.3) is 0 Å². The van der Waals surface area contributed by atoms with Crippen molar-refractivity contribution >= 4 is 0 Å². The third-order valence-corrected chi connectivity index (χ3v) is 10.3. The van der Waals surface area contributed by atoms with Crippen LogP contribution in [0.5, 0.6) is 0 Å². The van der Waals surface area contributed by atoms with Crippen molar-refractivity contribution in [3.8, 4) is 0 Å². The van der Waals surface area contributed by atoms with E-state index in [1.807, 2.05) is 13.8 Å². The van der Waals surface area contributed by atoms with Gasteiger partial charge in [-0.05, 0) is 125 Å². The summed E-state index contributed by atoms with van der Waals surface area (Å²) in [6.45, 7) is 9.18. The first-order valence-electron chi connectivity index (χ1n) is 12.8. The zero-order valence-corrected chi connectivity index (χ0v) is 19.9. The number of aliphatic hydroxyl groups is 3. The smallest absolute Gasteiger partial charge is 0.0591 e. The van der Waals surface area contributed by atoms with Gasteiger partial charge >= 0.3 is 0 Å². The van der Waals surface area contributed by atoms with Crippen LogP contribution in [0.15, 0.2) is 11.6 Å². The molecular weight excluding hydrogens is 372 g/mol. The molecule has 0 bridgehead atoms. The van der Waals surface area contributed by atoms with E-state index in [0.29, 0.717) is 17.3 Å². The van der Waals surface area contributed by atoms with E-state index in [4.69, 9.17) is 0 Å². The molecule has 3 fully saturated rings. The van der Waals surface area contributed by atoms with Crippen LogP contribution < -0.4 is 0 Å². The van der Waals surface area contributed by atoms with E-state index >= 15 is 0 Å². The molecule has 0 saturated heterocycles. The van der Waals surface area contributed by atoms with Crippen LogP contribution in [-0.2, 0) is 0 Å². The number of aliphatic hydroxyl groups excluding tert-OH is 2. The molecule has 30 heavy (non-hydrogen) atoms. The Morgan fingerprint density at radius 2 is 1.90 bits per heavy atom. The van der Waals surface area contributed by atoms with Crippen LogP contribution in [0.25, 0.3) is 0 Å². The molecular formula is C27H46O3. The van der Waals surface area contributed by atoms with Gasteiger partial charge in [-0.15, -0.1) is 0 Å². The van der Waals surface area contributed by atoms with Crippen molar-refractivity contribution in [1.82, 2.24) is 0 Å². The summed E-state index contributed by atoms with van der Waals surface area (Å²) in [4.78, 5) is 0. The van der Waals surface area contributed by atoms with E-state index in [1.54, 1.807) is 0 Å². The predicted molar refractivity (Wildman–Crippen MR) is 122 cm³/mol. The summed E-state index contributed by atoms with van der Waals surface area (Å²) in [5.74, 6) is 3.69. The third-order valence-electron chi connectivity index (χ3n) is 10.3. The molecule has 4 aliphatic carbocycles. The standard InChI is InChI=1S/C27H46O3/c1-18(9-12-25(2,3)30)22-7-8-23-21-6-5-19-17-20(29)10-14-27(19,15-16-28)24(21)11-13-26(22,23)4/h5,18,20-24,28-30H,6-17H2,1-4H3/t18-,20+,21+,22-,23+,24+,26-,27-/m1/s1. The lowest BCUT2D eigenvalue weighted by molar-refractivity contribution is -0.0705. The molecule has 4 rings (SSSR count). The highest BCUT2D eigenvalue weighted by Crippen LogP contribution is 2.68. The molecule has 172 valence electrons. The number of allylic oxidation sites excluding steroid dienone is 1. The second kappa shape index (κ2) is 8.19. The molecule has 0 aromatic heterocycles. The van der Waals surface area contributed by atoms with Gasteiger partial charge < -0.3 is 15.3 Å². The van der Waals surface area contributed by atoms with Gasteiger partial charge in [-0.2, -0.15) is 0 Å². The van der Waals surface area contributed by atoms with Crippen LogP contribution in [0.4, 0.5) is 0 Å². The van der Waals surface area contributed by atoms with Gasteiger partial charge in [-0.1, -0.05) is 25.5 Å². The molecule has 0 heterocycles. The average molecular weight is 419 g/mol. The zero-order valence-electron chi connectivity index (χ0n) is 19.9. The Bertz CT molecular complexity index is 649. The van der Waals surface area contributed by atoms with E-state index in [1.165, 1.54) is 37.7 Å². The second-order valence-corrected chi connectivity index (χ2v) is 12.4. The summed E-state index contributed by atoms with van der Waals surface area (Å²) >= 11 is 0. The fourth-order valence-corrected chi connectivity index (χ4v) is 8.86. The molecule has 3 N–H and O–H groups in total. The first-order chi connectivity index (χ1) is 14.1. The summed E-state index contributed by atoms with van der Waals surface area (Å²) in [7, 11) is 0. The van der Waals surface area contributed by atoms with Gasteiger partial charge in [0.2, 0.25) is 0 Å². The number of rotatable bonds is 6. The maximum atomic E-state index is 10.3. The summed E-state index contributed by atoms with van der Waals surface area (Å²) < 4.78 is 0.